The number of carbonyl (C=O) groups is 1. The van der Waals surface area contributed by atoms with Gasteiger partial charge in [0.1, 0.15) is 5.03 Å². The number of amides is 1. The molecule has 2 bridgehead atoms. The second kappa shape index (κ2) is 5.03. The van der Waals surface area contributed by atoms with Crippen LogP contribution in [0.5, 0.6) is 0 Å². The first-order valence-electron chi connectivity index (χ1n) is 7.19. The number of piperidine rings is 1. The summed E-state index contributed by atoms with van der Waals surface area (Å²) in [6, 6.07) is 2.11. The number of hydrogen-bond donors (Lipinski definition) is 1. The van der Waals surface area contributed by atoms with E-state index in [1.54, 1.807) is 12.5 Å². The first-order chi connectivity index (χ1) is 10.3. The van der Waals surface area contributed by atoms with Crippen molar-refractivity contribution in [3.63, 3.8) is 0 Å². The summed E-state index contributed by atoms with van der Waals surface area (Å²) in [5.74, 6) is 0.563. The van der Waals surface area contributed by atoms with Crippen molar-refractivity contribution in [2.75, 3.05) is 25.9 Å². The number of nitrogens with zero attached hydrogens (tertiary/aromatic N) is 2. The Balaban J connectivity index is 1.61. The highest BCUT2D eigenvalue weighted by molar-refractivity contribution is 7.98. The van der Waals surface area contributed by atoms with Gasteiger partial charge in [-0.05, 0) is 31.2 Å². The molecule has 0 aromatic carbocycles. The lowest BCUT2D eigenvalue weighted by atomic mass is 9.99. The first-order valence-corrected chi connectivity index (χ1v) is 8.42. The summed E-state index contributed by atoms with van der Waals surface area (Å²) < 4.78 is 5.48. The SMILES string of the molecule is CSc1ncc(C(=O)NC2CN3CCC2C3)c2ccoc12. The van der Waals surface area contributed by atoms with Gasteiger partial charge in [-0.1, -0.05) is 0 Å². The fourth-order valence-corrected chi connectivity index (χ4v) is 3.96. The van der Waals surface area contributed by atoms with Gasteiger partial charge in [0.25, 0.3) is 5.91 Å². The highest BCUT2D eigenvalue weighted by Gasteiger charge is 2.38. The van der Waals surface area contributed by atoms with Crippen molar-refractivity contribution in [3.8, 4) is 0 Å². The standard InChI is InChI=1S/C15H17N3O2S/c1-21-15-13-10(3-5-20-13)11(6-16-15)14(19)17-12-8-18-4-2-9(12)7-18/h3,5-6,9,12H,2,4,7-8H2,1H3,(H,17,19). The van der Waals surface area contributed by atoms with Crippen LogP contribution in [0, 0.1) is 5.92 Å². The third-order valence-corrected chi connectivity index (χ3v) is 5.23. The molecule has 21 heavy (non-hydrogen) atoms. The van der Waals surface area contributed by atoms with Gasteiger partial charge in [-0.25, -0.2) is 4.98 Å². The van der Waals surface area contributed by atoms with Crippen LogP contribution in [0.3, 0.4) is 0 Å². The summed E-state index contributed by atoms with van der Waals surface area (Å²) in [5.41, 5.74) is 1.31. The third-order valence-electron chi connectivity index (χ3n) is 4.55. The lowest BCUT2D eigenvalue weighted by Crippen LogP contribution is -2.43. The third kappa shape index (κ3) is 2.13. The minimum atomic E-state index is -0.0414. The van der Waals surface area contributed by atoms with Crippen LogP contribution in [-0.4, -0.2) is 47.7 Å². The number of thioether (sulfide) groups is 1. The topological polar surface area (TPSA) is 58.4 Å². The number of carbonyl (C=O) groups excluding carboxylic acids is 1. The maximum absolute atomic E-state index is 12.6. The van der Waals surface area contributed by atoms with Gasteiger partial charge in [0.15, 0.2) is 5.58 Å². The Hall–Kier alpha value is -1.53. The van der Waals surface area contributed by atoms with Gasteiger partial charge in [0.05, 0.1) is 11.8 Å². The first kappa shape index (κ1) is 13.2. The average Bonchev–Trinajstić information content (AvgIpc) is 3.21. The largest absolute Gasteiger partial charge is 0.461 e. The van der Waals surface area contributed by atoms with Crippen LogP contribution in [-0.2, 0) is 0 Å². The molecule has 3 unspecified atom stereocenters. The molecule has 2 fully saturated rings. The van der Waals surface area contributed by atoms with E-state index in [1.165, 1.54) is 24.7 Å². The van der Waals surface area contributed by atoms with E-state index in [9.17, 15) is 4.79 Å². The molecule has 2 aromatic heterocycles. The normalized spacial score (nSPS) is 27.4. The molecule has 0 aliphatic carbocycles. The maximum Gasteiger partial charge on any atom is 0.253 e. The Bertz CT molecular complexity index is 699. The van der Waals surface area contributed by atoms with Crippen LogP contribution in [0.4, 0.5) is 0 Å². The van der Waals surface area contributed by atoms with Crippen molar-refractivity contribution < 1.29 is 9.21 Å². The van der Waals surface area contributed by atoms with E-state index in [-0.39, 0.29) is 11.9 Å². The zero-order valence-corrected chi connectivity index (χ0v) is 12.7. The molecular formula is C15H17N3O2S. The van der Waals surface area contributed by atoms with Crippen LogP contribution in [0.1, 0.15) is 16.8 Å². The summed E-state index contributed by atoms with van der Waals surface area (Å²) in [4.78, 5) is 19.3. The van der Waals surface area contributed by atoms with Gasteiger partial charge in [-0.15, -0.1) is 11.8 Å². The van der Waals surface area contributed by atoms with E-state index in [1.807, 2.05) is 12.3 Å². The zero-order chi connectivity index (χ0) is 14.4. The Morgan fingerprint density at radius 2 is 2.43 bits per heavy atom. The van der Waals surface area contributed by atoms with Crippen molar-refractivity contribution in [3.05, 3.63) is 24.1 Å². The van der Waals surface area contributed by atoms with Crippen LogP contribution in [0.2, 0.25) is 0 Å². The summed E-state index contributed by atoms with van der Waals surface area (Å²) in [5, 5.41) is 4.84. The number of nitrogens with one attached hydrogen (secondary N) is 1. The summed E-state index contributed by atoms with van der Waals surface area (Å²) in [7, 11) is 0. The van der Waals surface area contributed by atoms with Gasteiger partial charge >= 0.3 is 0 Å². The van der Waals surface area contributed by atoms with Crippen LogP contribution < -0.4 is 5.32 Å². The molecule has 0 spiro atoms. The van der Waals surface area contributed by atoms with Gasteiger partial charge in [0.2, 0.25) is 0 Å². The van der Waals surface area contributed by atoms with E-state index in [0.29, 0.717) is 17.1 Å². The highest BCUT2D eigenvalue weighted by atomic mass is 32.2. The minimum absolute atomic E-state index is 0.0414. The minimum Gasteiger partial charge on any atom is -0.461 e. The molecule has 1 N–H and O–H groups in total. The van der Waals surface area contributed by atoms with Gasteiger partial charge in [-0.2, -0.15) is 0 Å². The number of pyridine rings is 1. The molecule has 4 rings (SSSR count). The van der Waals surface area contributed by atoms with Crippen molar-refractivity contribution in [1.82, 2.24) is 15.2 Å². The summed E-state index contributed by atoms with van der Waals surface area (Å²) >= 11 is 1.52. The van der Waals surface area contributed by atoms with E-state index < -0.39 is 0 Å². The lowest BCUT2D eigenvalue weighted by Gasteiger charge is -2.23. The van der Waals surface area contributed by atoms with Crippen molar-refractivity contribution in [2.45, 2.75) is 17.5 Å². The van der Waals surface area contributed by atoms with Gasteiger partial charge in [-0.3, -0.25) is 4.79 Å². The van der Waals surface area contributed by atoms with Gasteiger partial charge in [0, 0.05) is 30.7 Å². The molecule has 2 saturated heterocycles. The Kier molecular flexibility index (Phi) is 3.15. The van der Waals surface area contributed by atoms with E-state index >= 15 is 0 Å². The fraction of sp³-hybridized carbons (Fsp3) is 0.467. The van der Waals surface area contributed by atoms with Gasteiger partial charge < -0.3 is 14.6 Å². The molecular weight excluding hydrogens is 286 g/mol. The molecule has 2 aromatic rings. The fourth-order valence-electron chi connectivity index (χ4n) is 3.46. The smallest absolute Gasteiger partial charge is 0.253 e. The molecule has 5 nitrogen and oxygen atoms in total. The number of fused-ring (bicyclic) bond motifs is 3. The van der Waals surface area contributed by atoms with Crippen LogP contribution in [0.15, 0.2) is 28.0 Å². The molecule has 0 saturated carbocycles. The Morgan fingerprint density at radius 1 is 1.52 bits per heavy atom. The molecule has 2 aliphatic rings. The van der Waals surface area contributed by atoms with Crippen LogP contribution >= 0.6 is 11.8 Å². The number of rotatable bonds is 3. The number of furan rings is 1. The second-order valence-electron chi connectivity index (χ2n) is 5.73. The van der Waals surface area contributed by atoms with E-state index in [4.69, 9.17) is 4.42 Å². The Labute approximate surface area is 127 Å². The van der Waals surface area contributed by atoms with E-state index in [0.717, 1.165) is 23.5 Å². The molecule has 1 amide bonds. The second-order valence-corrected chi connectivity index (χ2v) is 6.53. The molecule has 110 valence electrons. The van der Waals surface area contributed by atoms with Crippen molar-refractivity contribution in [1.29, 1.82) is 0 Å². The molecule has 2 aliphatic heterocycles. The summed E-state index contributed by atoms with van der Waals surface area (Å²) in [6.45, 7) is 3.27. The highest BCUT2D eigenvalue weighted by Crippen LogP contribution is 2.30. The van der Waals surface area contributed by atoms with E-state index in [2.05, 4.69) is 15.2 Å². The monoisotopic (exact) mass is 303 g/mol. The number of aromatic nitrogens is 1. The molecule has 6 heteroatoms. The maximum atomic E-state index is 12.6. The molecule has 3 atom stereocenters. The number of hydrogen-bond acceptors (Lipinski definition) is 5. The Morgan fingerprint density at radius 3 is 3.14 bits per heavy atom. The van der Waals surface area contributed by atoms with Crippen LogP contribution in [0.25, 0.3) is 11.0 Å². The predicted molar refractivity (Wildman–Crippen MR) is 81.6 cm³/mol. The molecule has 0 radical (unpaired) electrons. The average molecular weight is 303 g/mol. The quantitative estimate of drug-likeness (QED) is 0.879. The lowest BCUT2D eigenvalue weighted by molar-refractivity contribution is 0.0925. The zero-order valence-electron chi connectivity index (χ0n) is 11.8. The van der Waals surface area contributed by atoms with Crippen molar-refractivity contribution >= 4 is 28.6 Å². The molecule has 4 heterocycles. The van der Waals surface area contributed by atoms with Crippen molar-refractivity contribution in [2.24, 2.45) is 5.92 Å². The summed E-state index contributed by atoms with van der Waals surface area (Å²) in [6.07, 6.45) is 6.42. The predicted octanol–water partition coefficient (Wildman–Crippen LogP) is 1.98.